The van der Waals surface area contributed by atoms with Gasteiger partial charge >= 0.3 is 0 Å². The van der Waals surface area contributed by atoms with Crippen LogP contribution in [0.15, 0.2) is 6.20 Å². The van der Waals surface area contributed by atoms with E-state index in [1.54, 1.807) is 18.0 Å². The summed E-state index contributed by atoms with van der Waals surface area (Å²) in [6, 6.07) is 0.0455. The van der Waals surface area contributed by atoms with Gasteiger partial charge in [0.15, 0.2) is 5.75 Å². The number of hydrogen-bond donors (Lipinski definition) is 2. The molecular weight excluding hydrogens is 220 g/mol. The Morgan fingerprint density at radius 2 is 2.59 bits per heavy atom. The van der Waals surface area contributed by atoms with Crippen molar-refractivity contribution in [2.75, 3.05) is 20.3 Å². The fourth-order valence-corrected chi connectivity index (χ4v) is 2.34. The van der Waals surface area contributed by atoms with Gasteiger partial charge in [-0.3, -0.25) is 16.0 Å². The molecule has 0 saturated carbocycles. The lowest BCUT2D eigenvalue weighted by Gasteiger charge is -2.20. The van der Waals surface area contributed by atoms with Crippen molar-refractivity contribution in [3.63, 3.8) is 0 Å². The molecule has 6 nitrogen and oxygen atoms in total. The van der Waals surface area contributed by atoms with Gasteiger partial charge in [0, 0.05) is 20.3 Å². The van der Waals surface area contributed by atoms with E-state index < -0.39 is 0 Å². The second-order valence-electron chi connectivity index (χ2n) is 4.41. The fourth-order valence-electron chi connectivity index (χ4n) is 2.34. The van der Waals surface area contributed by atoms with Crippen LogP contribution in [0.1, 0.15) is 24.6 Å². The summed E-state index contributed by atoms with van der Waals surface area (Å²) in [7, 11) is 3.54. The maximum Gasteiger partial charge on any atom is 0.161 e. The molecule has 1 saturated heterocycles. The second kappa shape index (κ2) is 5.48. The van der Waals surface area contributed by atoms with Gasteiger partial charge in [-0.2, -0.15) is 5.10 Å². The van der Waals surface area contributed by atoms with Crippen molar-refractivity contribution >= 4 is 0 Å². The van der Waals surface area contributed by atoms with Crippen LogP contribution >= 0.6 is 0 Å². The fraction of sp³-hybridized carbons (Fsp3) is 0.727. The Hall–Kier alpha value is -1.11. The van der Waals surface area contributed by atoms with Crippen LogP contribution in [0.4, 0.5) is 0 Å². The first-order valence-electron chi connectivity index (χ1n) is 5.86. The molecule has 1 aliphatic heterocycles. The Bertz CT molecular complexity index is 360. The van der Waals surface area contributed by atoms with E-state index in [0.29, 0.717) is 5.92 Å². The summed E-state index contributed by atoms with van der Waals surface area (Å²) in [5.41, 5.74) is 3.84. The molecule has 1 fully saturated rings. The van der Waals surface area contributed by atoms with Crippen molar-refractivity contribution in [2.45, 2.75) is 18.9 Å². The average Bonchev–Trinajstić information content (AvgIpc) is 2.95. The molecule has 2 heterocycles. The minimum Gasteiger partial charge on any atom is -0.493 e. The van der Waals surface area contributed by atoms with Crippen LogP contribution in [0.3, 0.4) is 0 Å². The van der Waals surface area contributed by atoms with Crippen molar-refractivity contribution in [1.82, 2.24) is 15.2 Å². The monoisotopic (exact) mass is 240 g/mol. The number of methoxy groups -OCH3 is 1. The van der Waals surface area contributed by atoms with E-state index in [-0.39, 0.29) is 6.04 Å². The van der Waals surface area contributed by atoms with E-state index in [1.165, 1.54) is 0 Å². The van der Waals surface area contributed by atoms with Crippen molar-refractivity contribution in [3.8, 4) is 5.75 Å². The molecule has 2 rings (SSSR count). The van der Waals surface area contributed by atoms with Gasteiger partial charge in [0.25, 0.3) is 0 Å². The number of ether oxygens (including phenoxy) is 2. The SMILES string of the molecule is COc1cnn(C)c1C(CC1CCOC1)NN. The van der Waals surface area contributed by atoms with Crippen molar-refractivity contribution < 1.29 is 9.47 Å². The largest absolute Gasteiger partial charge is 0.493 e. The Balaban J connectivity index is 2.12. The van der Waals surface area contributed by atoms with Gasteiger partial charge in [-0.25, -0.2) is 0 Å². The minimum atomic E-state index is 0.0455. The van der Waals surface area contributed by atoms with E-state index >= 15 is 0 Å². The predicted octanol–water partition coefficient (Wildman–Crippen LogP) is 0.360. The van der Waals surface area contributed by atoms with Crippen molar-refractivity contribution in [1.29, 1.82) is 0 Å². The summed E-state index contributed by atoms with van der Waals surface area (Å²) >= 11 is 0. The van der Waals surface area contributed by atoms with Crippen molar-refractivity contribution in [2.24, 2.45) is 18.8 Å². The van der Waals surface area contributed by atoms with E-state index in [2.05, 4.69) is 10.5 Å². The molecule has 2 unspecified atom stereocenters. The first kappa shape index (κ1) is 12.3. The van der Waals surface area contributed by atoms with Crippen LogP contribution in [0.2, 0.25) is 0 Å². The van der Waals surface area contributed by atoms with Gasteiger partial charge < -0.3 is 9.47 Å². The number of aromatic nitrogens is 2. The van der Waals surface area contributed by atoms with Gasteiger partial charge in [-0.05, 0) is 18.8 Å². The molecule has 0 radical (unpaired) electrons. The summed E-state index contributed by atoms with van der Waals surface area (Å²) in [4.78, 5) is 0. The van der Waals surface area contributed by atoms with Gasteiger partial charge in [-0.15, -0.1) is 0 Å². The van der Waals surface area contributed by atoms with E-state index in [4.69, 9.17) is 15.3 Å². The lowest BCUT2D eigenvalue weighted by Crippen LogP contribution is -2.31. The molecule has 1 aromatic rings. The van der Waals surface area contributed by atoms with Crippen LogP contribution in [0.25, 0.3) is 0 Å². The van der Waals surface area contributed by atoms with Crippen molar-refractivity contribution in [3.05, 3.63) is 11.9 Å². The summed E-state index contributed by atoms with van der Waals surface area (Å²) in [5, 5.41) is 4.20. The molecule has 1 aliphatic rings. The third kappa shape index (κ3) is 2.59. The number of hydrogen-bond acceptors (Lipinski definition) is 5. The maximum absolute atomic E-state index is 5.65. The molecule has 17 heavy (non-hydrogen) atoms. The highest BCUT2D eigenvalue weighted by molar-refractivity contribution is 5.28. The first-order valence-corrected chi connectivity index (χ1v) is 5.86. The van der Waals surface area contributed by atoms with Crippen LogP contribution < -0.4 is 16.0 Å². The van der Waals surface area contributed by atoms with Crippen LogP contribution in [-0.4, -0.2) is 30.1 Å². The smallest absolute Gasteiger partial charge is 0.161 e. The Kier molecular flexibility index (Phi) is 3.98. The number of rotatable bonds is 5. The summed E-state index contributed by atoms with van der Waals surface area (Å²) < 4.78 is 12.5. The third-order valence-electron chi connectivity index (χ3n) is 3.29. The van der Waals surface area contributed by atoms with Gasteiger partial charge in [0.1, 0.15) is 0 Å². The van der Waals surface area contributed by atoms with E-state index in [0.717, 1.165) is 37.5 Å². The molecule has 0 aliphatic carbocycles. The second-order valence-corrected chi connectivity index (χ2v) is 4.41. The highest BCUT2D eigenvalue weighted by Gasteiger charge is 2.25. The van der Waals surface area contributed by atoms with E-state index in [9.17, 15) is 0 Å². The van der Waals surface area contributed by atoms with Crippen LogP contribution in [0, 0.1) is 5.92 Å². The molecule has 6 heteroatoms. The lowest BCUT2D eigenvalue weighted by molar-refractivity contribution is 0.181. The molecule has 0 aromatic carbocycles. The molecule has 96 valence electrons. The van der Waals surface area contributed by atoms with Crippen LogP contribution in [0.5, 0.6) is 5.75 Å². The molecular formula is C11H20N4O2. The summed E-state index contributed by atoms with van der Waals surface area (Å²) in [5.74, 6) is 6.97. The average molecular weight is 240 g/mol. The number of nitrogens with two attached hydrogens (primary N) is 1. The first-order chi connectivity index (χ1) is 8.26. The van der Waals surface area contributed by atoms with Gasteiger partial charge in [0.05, 0.1) is 25.0 Å². The van der Waals surface area contributed by atoms with E-state index in [1.807, 2.05) is 7.05 Å². The molecule has 3 N–H and O–H groups in total. The lowest BCUT2D eigenvalue weighted by atomic mass is 9.97. The standard InChI is InChI=1S/C11H20N4O2/c1-15-11(10(16-2)6-13-15)9(14-12)5-8-3-4-17-7-8/h6,8-9,14H,3-5,7,12H2,1-2H3. The normalized spacial score (nSPS) is 21.7. The molecule has 2 atom stereocenters. The quantitative estimate of drug-likeness (QED) is 0.574. The number of aryl methyl sites for hydroxylation is 1. The van der Waals surface area contributed by atoms with Gasteiger partial charge in [0.2, 0.25) is 0 Å². The predicted molar refractivity (Wildman–Crippen MR) is 63.4 cm³/mol. The summed E-state index contributed by atoms with van der Waals surface area (Å²) in [6.45, 7) is 1.67. The zero-order valence-electron chi connectivity index (χ0n) is 10.3. The Labute approximate surface area is 101 Å². The number of hydrazine groups is 1. The molecule has 0 bridgehead atoms. The molecule has 1 aromatic heterocycles. The minimum absolute atomic E-state index is 0.0455. The number of nitrogens with zero attached hydrogens (tertiary/aromatic N) is 2. The highest BCUT2D eigenvalue weighted by atomic mass is 16.5. The maximum atomic E-state index is 5.65. The van der Waals surface area contributed by atoms with Gasteiger partial charge in [-0.1, -0.05) is 0 Å². The third-order valence-corrected chi connectivity index (χ3v) is 3.29. The zero-order chi connectivity index (χ0) is 12.3. The Morgan fingerprint density at radius 3 is 3.18 bits per heavy atom. The molecule has 0 spiro atoms. The number of nitrogens with one attached hydrogen (secondary N) is 1. The summed E-state index contributed by atoms with van der Waals surface area (Å²) in [6.07, 6.45) is 3.75. The highest BCUT2D eigenvalue weighted by Crippen LogP contribution is 2.30. The Morgan fingerprint density at radius 1 is 1.76 bits per heavy atom. The topological polar surface area (TPSA) is 74.3 Å². The molecule has 0 amide bonds. The van der Waals surface area contributed by atoms with Crippen LogP contribution in [-0.2, 0) is 11.8 Å². The zero-order valence-corrected chi connectivity index (χ0v) is 10.3.